The van der Waals surface area contributed by atoms with E-state index in [1.807, 2.05) is 28.8 Å². The standard InChI is InChI=1S/C20H30N4O2S.HI/c1-21-19(23-15-20(27-2)9-12-26-13-10-20)22-14-16-5-7-17(8-6-16)24-11-3-4-18(24)25;/h5-8H,3-4,9-15H2,1-2H3,(H2,21,22,23);1H. The Balaban J connectivity index is 0.00000280. The van der Waals surface area contributed by atoms with Crippen molar-refractivity contribution in [1.29, 1.82) is 0 Å². The summed E-state index contributed by atoms with van der Waals surface area (Å²) in [5, 5.41) is 6.85. The van der Waals surface area contributed by atoms with Crippen LogP contribution >= 0.6 is 35.7 Å². The lowest BCUT2D eigenvalue weighted by atomic mass is 9.99. The Morgan fingerprint density at radius 3 is 2.54 bits per heavy atom. The smallest absolute Gasteiger partial charge is 0.227 e. The van der Waals surface area contributed by atoms with Crippen molar-refractivity contribution in [1.82, 2.24) is 10.6 Å². The second-order valence-electron chi connectivity index (χ2n) is 7.09. The molecule has 156 valence electrons. The van der Waals surface area contributed by atoms with E-state index in [1.54, 1.807) is 7.05 Å². The normalized spacial score (nSPS) is 19.3. The van der Waals surface area contributed by atoms with Crippen LogP contribution < -0.4 is 15.5 Å². The number of rotatable bonds is 6. The molecule has 28 heavy (non-hydrogen) atoms. The summed E-state index contributed by atoms with van der Waals surface area (Å²) in [7, 11) is 1.80. The Morgan fingerprint density at radius 2 is 1.96 bits per heavy atom. The molecule has 0 aliphatic carbocycles. The monoisotopic (exact) mass is 518 g/mol. The Hall–Kier alpha value is -1.00. The zero-order valence-electron chi connectivity index (χ0n) is 16.7. The average molecular weight is 518 g/mol. The number of nitrogens with zero attached hydrogens (tertiary/aromatic N) is 2. The molecule has 0 aromatic heterocycles. The first kappa shape index (κ1) is 23.3. The molecule has 0 bridgehead atoms. The van der Waals surface area contributed by atoms with Gasteiger partial charge in [0, 0.05) is 56.8 Å². The maximum absolute atomic E-state index is 11.8. The number of hydrogen-bond donors (Lipinski definition) is 2. The van der Waals surface area contributed by atoms with E-state index >= 15 is 0 Å². The fourth-order valence-electron chi connectivity index (χ4n) is 3.56. The molecule has 1 amide bonds. The first-order chi connectivity index (χ1) is 13.2. The molecule has 2 N–H and O–H groups in total. The number of aliphatic imine (C=N–C) groups is 1. The number of thioether (sulfide) groups is 1. The highest BCUT2D eigenvalue weighted by atomic mass is 127. The summed E-state index contributed by atoms with van der Waals surface area (Å²) < 4.78 is 5.73. The molecule has 0 saturated carbocycles. The summed E-state index contributed by atoms with van der Waals surface area (Å²) in [6, 6.07) is 8.20. The lowest BCUT2D eigenvalue weighted by Crippen LogP contribution is -2.47. The molecule has 8 heteroatoms. The number of anilines is 1. The Bertz CT molecular complexity index is 663. The minimum absolute atomic E-state index is 0. The number of benzene rings is 1. The van der Waals surface area contributed by atoms with Gasteiger partial charge in [-0.3, -0.25) is 9.79 Å². The van der Waals surface area contributed by atoms with E-state index in [2.05, 4.69) is 34.0 Å². The van der Waals surface area contributed by atoms with Gasteiger partial charge in [0.2, 0.25) is 5.91 Å². The summed E-state index contributed by atoms with van der Waals surface area (Å²) in [6.07, 6.45) is 5.92. The molecule has 2 saturated heterocycles. The number of ether oxygens (including phenoxy) is 1. The van der Waals surface area contributed by atoms with Gasteiger partial charge in [-0.2, -0.15) is 11.8 Å². The van der Waals surface area contributed by atoms with Gasteiger partial charge in [-0.05, 0) is 43.2 Å². The maximum atomic E-state index is 11.8. The van der Waals surface area contributed by atoms with E-state index in [9.17, 15) is 4.79 Å². The molecule has 0 radical (unpaired) electrons. The third-order valence-corrected chi connectivity index (χ3v) is 6.84. The van der Waals surface area contributed by atoms with Gasteiger partial charge >= 0.3 is 0 Å². The summed E-state index contributed by atoms with van der Waals surface area (Å²) in [5.74, 6) is 1.04. The average Bonchev–Trinajstić information content (AvgIpc) is 3.15. The fourth-order valence-corrected chi connectivity index (χ4v) is 4.35. The molecule has 1 aromatic carbocycles. The van der Waals surface area contributed by atoms with Crippen molar-refractivity contribution < 1.29 is 9.53 Å². The van der Waals surface area contributed by atoms with Gasteiger partial charge in [-0.15, -0.1) is 24.0 Å². The largest absolute Gasteiger partial charge is 0.381 e. The van der Waals surface area contributed by atoms with Crippen LogP contribution in [0.25, 0.3) is 0 Å². The zero-order chi connectivity index (χ0) is 19.1. The Labute approximate surface area is 189 Å². The zero-order valence-corrected chi connectivity index (χ0v) is 19.8. The lowest BCUT2D eigenvalue weighted by Gasteiger charge is -2.36. The van der Waals surface area contributed by atoms with Crippen molar-refractivity contribution in [3.63, 3.8) is 0 Å². The van der Waals surface area contributed by atoms with Gasteiger partial charge < -0.3 is 20.3 Å². The molecular formula is C20H31IN4O2S. The Kier molecular flexibility index (Phi) is 9.36. The molecule has 0 spiro atoms. The van der Waals surface area contributed by atoms with Gasteiger partial charge in [0.05, 0.1) is 0 Å². The quantitative estimate of drug-likeness (QED) is 0.345. The van der Waals surface area contributed by atoms with Crippen molar-refractivity contribution in [2.75, 3.05) is 44.5 Å². The number of hydrogen-bond acceptors (Lipinski definition) is 4. The number of halogens is 1. The SMILES string of the molecule is CN=C(NCc1ccc(N2CCCC2=O)cc1)NCC1(SC)CCOCC1.I. The number of amides is 1. The van der Waals surface area contributed by atoms with Gasteiger partial charge in [0.1, 0.15) is 0 Å². The highest BCUT2D eigenvalue weighted by Gasteiger charge is 2.31. The second-order valence-corrected chi connectivity index (χ2v) is 8.37. The molecule has 2 fully saturated rings. The number of nitrogens with one attached hydrogen (secondary N) is 2. The van der Waals surface area contributed by atoms with Crippen LogP contribution in [0.15, 0.2) is 29.3 Å². The van der Waals surface area contributed by atoms with Crippen molar-refractivity contribution in [2.24, 2.45) is 4.99 Å². The predicted octanol–water partition coefficient (Wildman–Crippen LogP) is 3.01. The molecular weight excluding hydrogens is 487 g/mol. The van der Waals surface area contributed by atoms with Gasteiger partial charge in [-0.1, -0.05) is 12.1 Å². The Morgan fingerprint density at radius 1 is 1.25 bits per heavy atom. The van der Waals surface area contributed by atoms with Crippen LogP contribution in [0.3, 0.4) is 0 Å². The molecule has 0 unspecified atom stereocenters. The topological polar surface area (TPSA) is 66.0 Å². The van der Waals surface area contributed by atoms with Gasteiger partial charge in [0.25, 0.3) is 0 Å². The second kappa shape index (κ2) is 11.3. The van der Waals surface area contributed by atoms with E-state index in [4.69, 9.17) is 4.74 Å². The summed E-state index contributed by atoms with van der Waals surface area (Å²) >= 11 is 1.92. The highest BCUT2D eigenvalue weighted by molar-refractivity contribution is 14.0. The van der Waals surface area contributed by atoms with E-state index in [-0.39, 0.29) is 34.6 Å². The first-order valence-electron chi connectivity index (χ1n) is 9.62. The number of guanidine groups is 1. The minimum Gasteiger partial charge on any atom is -0.381 e. The highest BCUT2D eigenvalue weighted by Crippen LogP contribution is 2.32. The van der Waals surface area contributed by atoms with Crippen LogP contribution in [0.1, 0.15) is 31.2 Å². The van der Waals surface area contributed by atoms with Crippen LogP contribution in [0, 0.1) is 0 Å². The van der Waals surface area contributed by atoms with Crippen LogP contribution in [-0.4, -0.2) is 56.2 Å². The molecule has 0 atom stereocenters. The maximum Gasteiger partial charge on any atom is 0.227 e. The lowest BCUT2D eigenvalue weighted by molar-refractivity contribution is -0.117. The van der Waals surface area contributed by atoms with Crippen LogP contribution in [0.5, 0.6) is 0 Å². The number of carbonyl (C=O) groups excluding carboxylic acids is 1. The molecule has 2 aliphatic rings. The minimum atomic E-state index is 0. The fraction of sp³-hybridized carbons (Fsp3) is 0.600. The van der Waals surface area contributed by atoms with Gasteiger partial charge in [-0.25, -0.2) is 0 Å². The van der Waals surface area contributed by atoms with Crippen molar-refractivity contribution in [3.8, 4) is 0 Å². The van der Waals surface area contributed by atoms with E-state index < -0.39 is 0 Å². The van der Waals surface area contributed by atoms with Crippen LogP contribution in [0.2, 0.25) is 0 Å². The number of carbonyl (C=O) groups is 1. The van der Waals surface area contributed by atoms with E-state index in [0.717, 1.165) is 57.2 Å². The summed E-state index contributed by atoms with van der Waals surface area (Å²) in [6.45, 7) is 4.08. The van der Waals surface area contributed by atoms with E-state index in [1.165, 1.54) is 5.56 Å². The summed E-state index contributed by atoms with van der Waals surface area (Å²) in [4.78, 5) is 18.1. The van der Waals surface area contributed by atoms with Crippen molar-refractivity contribution in [2.45, 2.75) is 37.0 Å². The molecule has 3 rings (SSSR count). The molecule has 2 aliphatic heterocycles. The van der Waals surface area contributed by atoms with E-state index in [0.29, 0.717) is 13.0 Å². The van der Waals surface area contributed by atoms with Gasteiger partial charge in [0.15, 0.2) is 5.96 Å². The molecule has 1 aromatic rings. The first-order valence-corrected chi connectivity index (χ1v) is 10.8. The molecule has 2 heterocycles. The third kappa shape index (κ3) is 6.00. The third-order valence-electron chi connectivity index (χ3n) is 5.42. The molecule has 6 nitrogen and oxygen atoms in total. The van der Waals surface area contributed by atoms with Crippen LogP contribution in [0.4, 0.5) is 5.69 Å². The van der Waals surface area contributed by atoms with Crippen molar-refractivity contribution >= 4 is 53.3 Å². The van der Waals surface area contributed by atoms with Crippen molar-refractivity contribution in [3.05, 3.63) is 29.8 Å². The predicted molar refractivity (Wildman–Crippen MR) is 128 cm³/mol. The summed E-state index contributed by atoms with van der Waals surface area (Å²) in [5.41, 5.74) is 2.16. The van der Waals surface area contributed by atoms with Crippen LogP contribution in [-0.2, 0) is 16.1 Å².